The Morgan fingerprint density at radius 2 is 2.33 bits per heavy atom. The van der Waals surface area contributed by atoms with Crippen LogP contribution in [0.15, 0.2) is 4.73 Å². The first-order valence-electron chi connectivity index (χ1n) is 3.04. The maximum Gasteiger partial charge on any atom is 0.357 e. The number of rotatable bonds is 1. The minimum absolute atomic E-state index is 0.135. The number of nitrogens with zero attached hydrogens (tertiary/aromatic N) is 2. The Bertz CT molecular complexity index is 324. The van der Waals surface area contributed by atoms with Gasteiger partial charge in [-0.05, 0) is 15.9 Å². The van der Waals surface area contributed by atoms with E-state index in [1.165, 1.54) is 11.7 Å². The molecule has 0 saturated heterocycles. The lowest BCUT2D eigenvalue weighted by atomic mass is 10.5. The van der Waals surface area contributed by atoms with E-state index in [1.807, 2.05) is 0 Å². The minimum atomic E-state index is -0.499. The average Bonchev–Trinajstić information content (AvgIpc) is 2.26. The smallest absolute Gasteiger partial charge is 0.357 e. The number of hydrogen-bond acceptors (Lipinski definition) is 3. The highest BCUT2D eigenvalue weighted by atomic mass is 79.9. The zero-order valence-corrected chi connectivity index (χ0v) is 8.81. The second-order valence-corrected chi connectivity index (χ2v) is 3.14. The molecule has 0 aliphatic carbocycles. The summed E-state index contributed by atoms with van der Waals surface area (Å²) in [6.45, 7) is 0. The summed E-state index contributed by atoms with van der Waals surface area (Å²) in [5.74, 6) is -0.499. The third-order valence-electron chi connectivity index (χ3n) is 1.38. The summed E-state index contributed by atoms with van der Waals surface area (Å²) in [6.07, 6.45) is 0. The summed E-state index contributed by atoms with van der Waals surface area (Å²) in [7, 11) is 2.95. The van der Waals surface area contributed by atoms with Gasteiger partial charge >= 0.3 is 5.97 Å². The molecule has 0 N–H and O–H groups in total. The zero-order valence-electron chi connectivity index (χ0n) is 6.47. The van der Waals surface area contributed by atoms with Gasteiger partial charge in [-0.25, -0.2) is 9.78 Å². The number of halogens is 2. The highest BCUT2D eigenvalue weighted by Gasteiger charge is 2.18. The Balaban J connectivity index is 3.22. The second-order valence-electron chi connectivity index (χ2n) is 2.07. The van der Waals surface area contributed by atoms with Crippen molar-refractivity contribution in [1.82, 2.24) is 9.55 Å². The fourth-order valence-corrected chi connectivity index (χ4v) is 1.50. The van der Waals surface area contributed by atoms with Crippen molar-refractivity contribution in [2.45, 2.75) is 0 Å². The normalized spacial score (nSPS) is 10.0. The monoisotopic (exact) mass is 252 g/mol. The van der Waals surface area contributed by atoms with Gasteiger partial charge in [-0.2, -0.15) is 0 Å². The summed E-state index contributed by atoms with van der Waals surface area (Å²) < 4.78 is 6.51. The summed E-state index contributed by atoms with van der Waals surface area (Å²) in [6, 6.07) is 0. The van der Waals surface area contributed by atoms with Crippen molar-refractivity contribution in [2.24, 2.45) is 7.05 Å². The molecule has 0 aliphatic rings. The molecule has 6 heteroatoms. The highest BCUT2D eigenvalue weighted by Crippen LogP contribution is 2.20. The number of carbonyl (C=O) groups excluding carboxylic acids is 1. The van der Waals surface area contributed by atoms with Gasteiger partial charge < -0.3 is 9.30 Å². The molecule has 1 heterocycles. The fraction of sp³-hybridized carbons (Fsp3) is 0.333. The number of aromatic nitrogens is 2. The van der Waals surface area contributed by atoms with Crippen LogP contribution in [0.25, 0.3) is 0 Å². The fourth-order valence-electron chi connectivity index (χ4n) is 0.757. The molecule has 1 aromatic rings. The van der Waals surface area contributed by atoms with Crippen molar-refractivity contribution in [1.29, 1.82) is 0 Å². The molecule has 0 aromatic carbocycles. The number of esters is 1. The molecular formula is C6H6BrClN2O2. The lowest BCUT2D eigenvalue weighted by Gasteiger charge is -1.99. The van der Waals surface area contributed by atoms with Gasteiger partial charge in [-0.3, -0.25) is 0 Å². The molecule has 0 unspecified atom stereocenters. The molecule has 0 amide bonds. The van der Waals surface area contributed by atoms with Gasteiger partial charge in [-0.15, -0.1) is 0 Å². The van der Waals surface area contributed by atoms with Crippen LogP contribution in [-0.4, -0.2) is 22.6 Å². The number of carbonyl (C=O) groups is 1. The topological polar surface area (TPSA) is 44.1 Å². The van der Waals surface area contributed by atoms with Crippen LogP contribution in [0.2, 0.25) is 5.15 Å². The van der Waals surface area contributed by atoms with Gasteiger partial charge in [0.05, 0.1) is 7.11 Å². The van der Waals surface area contributed by atoms with Crippen LogP contribution in [-0.2, 0) is 11.8 Å². The third-order valence-corrected chi connectivity index (χ3v) is 2.35. The molecule has 0 saturated carbocycles. The third kappa shape index (κ3) is 1.47. The molecule has 4 nitrogen and oxygen atoms in total. The Morgan fingerprint density at radius 3 is 2.67 bits per heavy atom. The maximum absolute atomic E-state index is 11.1. The van der Waals surface area contributed by atoms with Gasteiger partial charge in [0, 0.05) is 7.05 Å². The second kappa shape index (κ2) is 3.45. The van der Waals surface area contributed by atoms with E-state index < -0.39 is 5.97 Å². The van der Waals surface area contributed by atoms with Crippen LogP contribution in [0.1, 0.15) is 10.5 Å². The maximum atomic E-state index is 11.1. The molecule has 0 aliphatic heterocycles. The average molecular weight is 253 g/mol. The molecular weight excluding hydrogens is 247 g/mol. The van der Waals surface area contributed by atoms with E-state index in [-0.39, 0.29) is 10.8 Å². The summed E-state index contributed by atoms with van der Waals surface area (Å²) in [5, 5.41) is 0.135. The Hall–Kier alpha value is -0.550. The van der Waals surface area contributed by atoms with Crippen molar-refractivity contribution in [2.75, 3.05) is 7.11 Å². The quantitative estimate of drug-likeness (QED) is 0.715. The Labute approximate surface area is 82.6 Å². The lowest BCUT2D eigenvalue weighted by molar-refractivity contribution is 0.0590. The Kier molecular flexibility index (Phi) is 2.74. The van der Waals surface area contributed by atoms with E-state index in [0.717, 1.165) is 0 Å². The molecule has 0 bridgehead atoms. The van der Waals surface area contributed by atoms with Gasteiger partial charge in [0.25, 0.3) is 0 Å². The van der Waals surface area contributed by atoms with Gasteiger partial charge in [-0.1, -0.05) is 11.6 Å². The molecule has 1 aromatic heterocycles. The van der Waals surface area contributed by atoms with E-state index >= 15 is 0 Å². The van der Waals surface area contributed by atoms with E-state index in [1.54, 1.807) is 7.05 Å². The summed E-state index contributed by atoms with van der Waals surface area (Å²) in [5.41, 5.74) is 0.242. The Morgan fingerprint density at radius 1 is 1.75 bits per heavy atom. The van der Waals surface area contributed by atoms with Crippen LogP contribution in [0.5, 0.6) is 0 Å². The molecule has 0 radical (unpaired) electrons. The molecule has 66 valence electrons. The number of methoxy groups -OCH3 is 1. The molecule has 0 fully saturated rings. The van der Waals surface area contributed by atoms with E-state index in [2.05, 4.69) is 25.7 Å². The standard InChI is InChI=1S/C6H6BrClN2O2/c1-10-3(5(11)12-2)4(8)9-6(10)7/h1-2H3. The van der Waals surface area contributed by atoms with Crippen LogP contribution >= 0.6 is 27.5 Å². The van der Waals surface area contributed by atoms with Crippen LogP contribution in [0.4, 0.5) is 0 Å². The summed E-state index contributed by atoms with van der Waals surface area (Å²) in [4.78, 5) is 14.9. The van der Waals surface area contributed by atoms with Crippen molar-refractivity contribution in [3.63, 3.8) is 0 Å². The molecule has 1 rings (SSSR count). The molecule has 0 atom stereocenters. The minimum Gasteiger partial charge on any atom is -0.464 e. The van der Waals surface area contributed by atoms with Crippen LogP contribution in [0.3, 0.4) is 0 Å². The first kappa shape index (κ1) is 9.54. The predicted octanol–water partition coefficient (Wildman–Crippen LogP) is 1.62. The summed E-state index contributed by atoms with van der Waals surface area (Å²) >= 11 is 8.79. The van der Waals surface area contributed by atoms with Crippen LogP contribution in [0, 0.1) is 0 Å². The van der Waals surface area contributed by atoms with Gasteiger partial charge in [0.15, 0.2) is 15.6 Å². The van der Waals surface area contributed by atoms with Crippen molar-refractivity contribution < 1.29 is 9.53 Å². The highest BCUT2D eigenvalue weighted by molar-refractivity contribution is 9.10. The number of imidazole rings is 1. The first-order chi connectivity index (χ1) is 5.57. The van der Waals surface area contributed by atoms with E-state index in [4.69, 9.17) is 11.6 Å². The van der Waals surface area contributed by atoms with Crippen molar-refractivity contribution >= 4 is 33.5 Å². The largest absolute Gasteiger partial charge is 0.464 e. The van der Waals surface area contributed by atoms with Crippen molar-refractivity contribution in [3.05, 3.63) is 15.6 Å². The van der Waals surface area contributed by atoms with Crippen LogP contribution < -0.4 is 0 Å². The lowest BCUT2D eigenvalue weighted by Crippen LogP contribution is -2.08. The van der Waals surface area contributed by atoms with Gasteiger partial charge in [0.1, 0.15) is 0 Å². The number of ether oxygens (including phenoxy) is 1. The SMILES string of the molecule is COC(=O)c1c(Cl)nc(Br)n1C. The predicted molar refractivity (Wildman–Crippen MR) is 47.3 cm³/mol. The zero-order chi connectivity index (χ0) is 9.30. The molecule has 0 spiro atoms. The number of hydrogen-bond donors (Lipinski definition) is 0. The molecule has 12 heavy (non-hydrogen) atoms. The van der Waals surface area contributed by atoms with Crippen molar-refractivity contribution in [3.8, 4) is 0 Å². The van der Waals surface area contributed by atoms with E-state index in [0.29, 0.717) is 4.73 Å². The first-order valence-corrected chi connectivity index (χ1v) is 4.21. The van der Waals surface area contributed by atoms with Gasteiger partial charge in [0.2, 0.25) is 0 Å². The van der Waals surface area contributed by atoms with E-state index in [9.17, 15) is 4.79 Å².